The number of aliphatic imine (C=N–C) groups is 1. The second-order valence-corrected chi connectivity index (χ2v) is 7.10. The lowest BCUT2D eigenvalue weighted by molar-refractivity contribution is 0.174. The van der Waals surface area contributed by atoms with E-state index in [9.17, 15) is 0 Å². The van der Waals surface area contributed by atoms with Gasteiger partial charge in [-0.3, -0.25) is 9.89 Å². The summed E-state index contributed by atoms with van der Waals surface area (Å²) in [5.74, 6) is 1.02. The third-order valence-electron chi connectivity index (χ3n) is 3.72. The van der Waals surface area contributed by atoms with E-state index >= 15 is 0 Å². The van der Waals surface area contributed by atoms with Crippen LogP contribution in [0.1, 0.15) is 18.2 Å². The van der Waals surface area contributed by atoms with Crippen LogP contribution in [0.4, 0.5) is 0 Å². The van der Waals surface area contributed by atoms with E-state index in [4.69, 9.17) is 11.6 Å². The second-order valence-electron chi connectivity index (χ2n) is 5.30. The van der Waals surface area contributed by atoms with Gasteiger partial charge in [0.25, 0.3) is 0 Å². The summed E-state index contributed by atoms with van der Waals surface area (Å²) in [6, 6.07) is 4.11. The van der Waals surface area contributed by atoms with Crippen LogP contribution in [0.3, 0.4) is 0 Å². The van der Waals surface area contributed by atoms with Crippen LogP contribution in [0.25, 0.3) is 0 Å². The van der Waals surface area contributed by atoms with Crippen molar-refractivity contribution in [1.82, 2.24) is 15.1 Å². The van der Waals surface area contributed by atoms with Gasteiger partial charge in [-0.2, -0.15) is 0 Å². The van der Waals surface area contributed by atoms with Crippen LogP contribution in [-0.2, 0) is 6.54 Å². The molecule has 1 aliphatic rings. The number of hydrogen-bond donors (Lipinski definition) is 1. The van der Waals surface area contributed by atoms with Gasteiger partial charge < -0.3 is 10.2 Å². The molecule has 0 bridgehead atoms. The fourth-order valence-corrected chi connectivity index (χ4v) is 3.67. The highest BCUT2D eigenvalue weighted by Gasteiger charge is 2.19. The molecule has 1 fully saturated rings. The average molecular weight is 469 g/mol. The molecule has 1 aromatic heterocycles. The highest BCUT2D eigenvalue weighted by molar-refractivity contribution is 14.0. The number of rotatable bonds is 5. The predicted molar refractivity (Wildman–Crippen MR) is 112 cm³/mol. The Morgan fingerprint density at radius 2 is 2.09 bits per heavy atom. The molecule has 23 heavy (non-hydrogen) atoms. The van der Waals surface area contributed by atoms with Crippen molar-refractivity contribution in [3.05, 3.63) is 33.5 Å². The Morgan fingerprint density at radius 3 is 2.65 bits per heavy atom. The van der Waals surface area contributed by atoms with Gasteiger partial charge in [-0.25, -0.2) is 0 Å². The van der Waals surface area contributed by atoms with Crippen molar-refractivity contribution in [3.8, 4) is 0 Å². The fourth-order valence-electron chi connectivity index (χ4n) is 2.54. The van der Waals surface area contributed by atoms with Gasteiger partial charge in [0.05, 0.1) is 4.34 Å². The van der Waals surface area contributed by atoms with E-state index in [1.54, 1.807) is 11.3 Å². The summed E-state index contributed by atoms with van der Waals surface area (Å²) in [5, 5.41) is 3.43. The minimum atomic E-state index is 0. The average Bonchev–Trinajstić information content (AvgIpc) is 2.94. The van der Waals surface area contributed by atoms with E-state index in [2.05, 4.69) is 45.3 Å². The molecule has 0 radical (unpaired) electrons. The van der Waals surface area contributed by atoms with E-state index in [0.29, 0.717) is 0 Å². The first-order valence-corrected chi connectivity index (χ1v) is 8.95. The lowest BCUT2D eigenvalue weighted by Crippen LogP contribution is -2.52. The monoisotopic (exact) mass is 468 g/mol. The van der Waals surface area contributed by atoms with Gasteiger partial charge in [-0.05, 0) is 25.5 Å². The van der Waals surface area contributed by atoms with E-state index < -0.39 is 0 Å². The van der Waals surface area contributed by atoms with Crippen molar-refractivity contribution >= 4 is 52.9 Å². The highest BCUT2D eigenvalue weighted by atomic mass is 127. The molecule has 7 heteroatoms. The molecule has 0 aliphatic carbocycles. The maximum atomic E-state index is 6.00. The van der Waals surface area contributed by atoms with Gasteiger partial charge >= 0.3 is 0 Å². The van der Waals surface area contributed by atoms with Gasteiger partial charge in [0.1, 0.15) is 0 Å². The zero-order valence-corrected chi connectivity index (χ0v) is 17.7. The highest BCUT2D eigenvalue weighted by Crippen LogP contribution is 2.23. The number of allylic oxidation sites excluding steroid dienone is 1. The third-order valence-corrected chi connectivity index (χ3v) is 4.94. The van der Waals surface area contributed by atoms with Gasteiger partial charge in [0.2, 0.25) is 0 Å². The van der Waals surface area contributed by atoms with E-state index in [-0.39, 0.29) is 24.0 Å². The molecule has 0 aromatic carbocycles. The smallest absolute Gasteiger partial charge is 0.193 e. The molecule has 1 saturated heterocycles. The number of piperazine rings is 1. The van der Waals surface area contributed by atoms with Gasteiger partial charge in [-0.1, -0.05) is 23.8 Å². The summed E-state index contributed by atoms with van der Waals surface area (Å²) in [6.07, 6.45) is 5.29. The Morgan fingerprint density at radius 1 is 1.35 bits per heavy atom. The van der Waals surface area contributed by atoms with Crippen LogP contribution in [0, 0.1) is 0 Å². The molecule has 1 N–H and O–H groups in total. The van der Waals surface area contributed by atoms with Crippen LogP contribution in [-0.4, -0.2) is 55.5 Å². The number of nitrogens with one attached hydrogen (secondary N) is 1. The van der Waals surface area contributed by atoms with Crippen LogP contribution >= 0.6 is 46.9 Å². The minimum Gasteiger partial charge on any atom is -0.356 e. The van der Waals surface area contributed by atoms with E-state index in [1.807, 2.05) is 13.1 Å². The zero-order chi connectivity index (χ0) is 15.8. The van der Waals surface area contributed by atoms with Gasteiger partial charge in [-0.15, -0.1) is 35.3 Å². The number of halogens is 2. The van der Waals surface area contributed by atoms with Crippen LogP contribution in [0.5, 0.6) is 0 Å². The normalized spacial score (nSPS) is 16.7. The number of hydrogen-bond acceptors (Lipinski definition) is 3. The lowest BCUT2D eigenvalue weighted by Gasteiger charge is -2.36. The maximum Gasteiger partial charge on any atom is 0.193 e. The Kier molecular flexibility index (Phi) is 10.2. The summed E-state index contributed by atoms with van der Waals surface area (Å²) in [6.45, 7) is 8.14. The fraction of sp³-hybridized carbons (Fsp3) is 0.562. The summed E-state index contributed by atoms with van der Waals surface area (Å²) >= 11 is 7.67. The molecule has 1 aliphatic heterocycles. The van der Waals surface area contributed by atoms with Crippen LogP contribution < -0.4 is 5.32 Å². The topological polar surface area (TPSA) is 30.9 Å². The first-order chi connectivity index (χ1) is 10.7. The van der Waals surface area contributed by atoms with Crippen molar-refractivity contribution in [2.24, 2.45) is 4.99 Å². The molecule has 2 rings (SSSR count). The number of nitrogens with zero attached hydrogens (tertiary/aromatic N) is 3. The minimum absolute atomic E-state index is 0. The molecule has 0 spiro atoms. The molecule has 0 saturated carbocycles. The van der Waals surface area contributed by atoms with Crippen molar-refractivity contribution in [2.75, 3.05) is 39.8 Å². The summed E-state index contributed by atoms with van der Waals surface area (Å²) in [5.41, 5.74) is 0. The Hall–Kier alpha value is -0.310. The molecule has 4 nitrogen and oxygen atoms in total. The lowest BCUT2D eigenvalue weighted by atomic mass is 10.3. The predicted octanol–water partition coefficient (Wildman–Crippen LogP) is 3.68. The Labute approximate surface area is 165 Å². The summed E-state index contributed by atoms with van der Waals surface area (Å²) in [4.78, 5) is 10.6. The zero-order valence-electron chi connectivity index (χ0n) is 13.8. The molecule has 0 unspecified atom stereocenters. The van der Waals surface area contributed by atoms with Crippen LogP contribution in [0.15, 0.2) is 29.3 Å². The van der Waals surface area contributed by atoms with Crippen molar-refractivity contribution in [2.45, 2.75) is 19.9 Å². The SMILES string of the molecule is C/C=C/CCNC(=NC)N1CCN(Cc2ccc(Cl)s2)CC1.I. The summed E-state index contributed by atoms with van der Waals surface area (Å²) in [7, 11) is 1.86. The van der Waals surface area contributed by atoms with Gasteiger partial charge in [0, 0.05) is 51.2 Å². The third kappa shape index (κ3) is 6.99. The molecular weight excluding hydrogens is 443 g/mol. The van der Waals surface area contributed by atoms with Crippen molar-refractivity contribution in [1.29, 1.82) is 0 Å². The van der Waals surface area contributed by atoms with Crippen molar-refractivity contribution < 1.29 is 0 Å². The molecule has 2 heterocycles. The van der Waals surface area contributed by atoms with E-state index in [1.165, 1.54) is 4.88 Å². The van der Waals surface area contributed by atoms with E-state index in [0.717, 1.165) is 56.0 Å². The number of guanidine groups is 1. The Bertz CT molecular complexity index is 510. The first kappa shape index (κ1) is 20.7. The molecular formula is C16H26ClIN4S. The second kappa shape index (κ2) is 11.3. The Balaban J connectivity index is 0.00000264. The maximum absolute atomic E-state index is 6.00. The summed E-state index contributed by atoms with van der Waals surface area (Å²) < 4.78 is 0.874. The quantitative estimate of drug-likeness (QED) is 0.235. The molecule has 130 valence electrons. The molecule has 0 atom stereocenters. The number of thiophene rings is 1. The first-order valence-electron chi connectivity index (χ1n) is 7.76. The largest absolute Gasteiger partial charge is 0.356 e. The molecule has 1 aromatic rings. The van der Waals surface area contributed by atoms with Crippen LogP contribution in [0.2, 0.25) is 4.34 Å². The molecule has 0 amide bonds. The van der Waals surface area contributed by atoms with Gasteiger partial charge in [0.15, 0.2) is 5.96 Å². The van der Waals surface area contributed by atoms with Crippen molar-refractivity contribution in [3.63, 3.8) is 0 Å². The standard InChI is InChI=1S/C16H25ClN4S.HI/c1-3-4-5-8-19-16(18-2)21-11-9-20(10-12-21)13-14-6-7-15(17)22-14;/h3-4,6-7H,5,8-13H2,1-2H3,(H,18,19);1H/b4-3+;.